The van der Waals surface area contributed by atoms with Crippen LogP contribution in [0.5, 0.6) is 0 Å². The van der Waals surface area contributed by atoms with Crippen LogP contribution in [0.1, 0.15) is 72.1 Å². The molecule has 4 fully saturated rings. The number of ether oxygens (including phenoxy) is 1. The Kier molecular flexibility index (Phi) is 4.36. The van der Waals surface area contributed by atoms with Crippen LogP contribution < -0.4 is 0 Å². The Labute approximate surface area is 157 Å². The fourth-order valence-corrected chi connectivity index (χ4v) is 7.88. The number of rotatable bonds is 2. The van der Waals surface area contributed by atoms with Crippen LogP contribution in [0.15, 0.2) is 12.7 Å². The zero-order chi connectivity index (χ0) is 18.7. The molecule has 3 heteroatoms. The van der Waals surface area contributed by atoms with Gasteiger partial charge < -0.3 is 4.74 Å². The Bertz CT molecular complexity index is 625. The summed E-state index contributed by atoms with van der Waals surface area (Å²) in [7, 11) is 0. The van der Waals surface area contributed by atoms with Crippen molar-refractivity contribution in [1.29, 1.82) is 0 Å². The Morgan fingerprint density at radius 3 is 2.65 bits per heavy atom. The van der Waals surface area contributed by atoms with Gasteiger partial charge in [0.2, 0.25) is 0 Å². The van der Waals surface area contributed by atoms with E-state index in [9.17, 15) is 9.59 Å². The summed E-state index contributed by atoms with van der Waals surface area (Å²) in [4.78, 5) is 24.1. The average molecular weight is 359 g/mol. The molecule has 0 aromatic carbocycles. The van der Waals surface area contributed by atoms with Crippen molar-refractivity contribution in [3.05, 3.63) is 12.7 Å². The zero-order valence-electron chi connectivity index (χ0n) is 16.6. The van der Waals surface area contributed by atoms with Crippen molar-refractivity contribution < 1.29 is 14.3 Å². The van der Waals surface area contributed by atoms with Gasteiger partial charge in [-0.15, -0.1) is 6.58 Å². The van der Waals surface area contributed by atoms with Gasteiger partial charge >= 0.3 is 5.97 Å². The molecule has 144 valence electrons. The molecule has 0 aromatic heterocycles. The van der Waals surface area contributed by atoms with Gasteiger partial charge in [0.1, 0.15) is 11.9 Å². The highest BCUT2D eigenvalue weighted by Crippen LogP contribution is 2.67. The number of esters is 1. The quantitative estimate of drug-likeness (QED) is 0.518. The lowest BCUT2D eigenvalue weighted by Crippen LogP contribution is -2.59. The van der Waals surface area contributed by atoms with E-state index in [1.165, 1.54) is 25.7 Å². The third kappa shape index (κ3) is 2.52. The number of hydrogen-bond donors (Lipinski definition) is 0. The Hall–Kier alpha value is -1.12. The van der Waals surface area contributed by atoms with Gasteiger partial charge in [-0.1, -0.05) is 19.9 Å². The summed E-state index contributed by atoms with van der Waals surface area (Å²) >= 11 is 0. The minimum atomic E-state index is -0.151. The van der Waals surface area contributed by atoms with Crippen molar-refractivity contribution >= 4 is 11.8 Å². The second-order valence-corrected chi connectivity index (χ2v) is 10.1. The van der Waals surface area contributed by atoms with Gasteiger partial charge in [0.15, 0.2) is 0 Å². The van der Waals surface area contributed by atoms with Gasteiger partial charge in [-0.25, -0.2) is 0 Å². The summed E-state index contributed by atoms with van der Waals surface area (Å²) in [6.07, 6.45) is 10.4. The van der Waals surface area contributed by atoms with Gasteiger partial charge in [0, 0.05) is 25.7 Å². The van der Waals surface area contributed by atoms with Crippen LogP contribution in [0.2, 0.25) is 0 Å². The van der Waals surface area contributed by atoms with Crippen LogP contribution in [0.3, 0.4) is 0 Å². The molecule has 4 saturated carbocycles. The summed E-state index contributed by atoms with van der Waals surface area (Å²) in [5.74, 6) is 3.04. The highest BCUT2D eigenvalue weighted by atomic mass is 16.5. The Balaban J connectivity index is 1.73. The largest absolute Gasteiger partial charge is 0.462 e. The first-order valence-corrected chi connectivity index (χ1v) is 10.6. The summed E-state index contributed by atoms with van der Waals surface area (Å²) in [6, 6.07) is 0. The Morgan fingerprint density at radius 2 is 1.96 bits per heavy atom. The number of carbonyl (C=O) groups excluding carboxylic acids is 2. The molecule has 8 atom stereocenters. The first kappa shape index (κ1) is 18.3. The van der Waals surface area contributed by atoms with Crippen LogP contribution in [-0.4, -0.2) is 17.9 Å². The molecule has 4 rings (SSSR count). The van der Waals surface area contributed by atoms with Crippen molar-refractivity contribution in [3.63, 3.8) is 0 Å². The average Bonchev–Trinajstić information content (AvgIpc) is 2.90. The maximum atomic E-state index is 12.1. The van der Waals surface area contributed by atoms with Crippen molar-refractivity contribution in [2.24, 2.45) is 40.4 Å². The number of Topliss-reactive ketones (excluding diaryl/α,β-unsaturated/α-hetero) is 1. The lowest BCUT2D eigenvalue weighted by molar-refractivity contribution is -0.192. The molecule has 0 heterocycles. The van der Waals surface area contributed by atoms with Gasteiger partial charge in [0.05, 0.1) is 0 Å². The number of ketones is 1. The van der Waals surface area contributed by atoms with Crippen LogP contribution in [0.25, 0.3) is 0 Å². The molecule has 0 radical (unpaired) electrons. The molecule has 26 heavy (non-hydrogen) atoms. The molecule has 0 aromatic rings. The van der Waals surface area contributed by atoms with Crippen molar-refractivity contribution in [2.45, 2.75) is 78.2 Å². The second kappa shape index (κ2) is 6.21. The summed E-state index contributed by atoms with van der Waals surface area (Å²) < 4.78 is 6.01. The van der Waals surface area contributed by atoms with E-state index in [1.807, 2.05) is 0 Å². The normalized spacial score (nSPS) is 50.3. The van der Waals surface area contributed by atoms with Gasteiger partial charge in [-0.2, -0.15) is 0 Å². The van der Waals surface area contributed by atoms with E-state index in [4.69, 9.17) is 4.74 Å². The van der Waals surface area contributed by atoms with E-state index in [0.29, 0.717) is 41.8 Å². The summed E-state index contributed by atoms with van der Waals surface area (Å²) in [5, 5.41) is 0. The molecule has 0 N–H and O–H groups in total. The molecule has 0 unspecified atom stereocenters. The molecule has 0 saturated heterocycles. The lowest BCUT2D eigenvalue weighted by atomic mass is 9.44. The standard InChI is InChI=1S/C23H34O3/c1-5-15-7-9-19-18-8-6-16-12-17(25)10-11-22(16,3)21(18)20(26-14(2)24)13-23(15,19)4/h5,15-16,18-21H,1,6-13H2,2-4H3/t15-,16-,18-,19-,20+,21+,22-,23+/m0/s1. The maximum absolute atomic E-state index is 12.1. The topological polar surface area (TPSA) is 43.4 Å². The first-order chi connectivity index (χ1) is 12.3. The van der Waals surface area contributed by atoms with E-state index in [2.05, 4.69) is 26.5 Å². The van der Waals surface area contributed by atoms with E-state index >= 15 is 0 Å². The molecule has 0 aliphatic heterocycles. The molecular weight excluding hydrogens is 324 g/mol. The molecule has 0 bridgehead atoms. The monoisotopic (exact) mass is 358 g/mol. The Morgan fingerprint density at radius 1 is 1.19 bits per heavy atom. The minimum absolute atomic E-state index is 0.000280. The third-order valence-electron chi connectivity index (χ3n) is 9.06. The molecular formula is C23H34O3. The van der Waals surface area contributed by atoms with Crippen molar-refractivity contribution in [3.8, 4) is 0 Å². The van der Waals surface area contributed by atoms with Crippen LogP contribution in [0, 0.1) is 40.4 Å². The minimum Gasteiger partial charge on any atom is -0.462 e. The molecule has 4 aliphatic carbocycles. The van der Waals surface area contributed by atoms with Gasteiger partial charge in [0.25, 0.3) is 0 Å². The van der Waals surface area contributed by atoms with Crippen LogP contribution in [0.4, 0.5) is 0 Å². The van der Waals surface area contributed by atoms with E-state index in [-0.39, 0.29) is 22.9 Å². The highest BCUT2D eigenvalue weighted by molar-refractivity contribution is 5.79. The number of allylic oxidation sites excluding steroid dienone is 1. The lowest BCUT2D eigenvalue weighted by Gasteiger charge is -2.62. The fourth-order valence-electron chi connectivity index (χ4n) is 7.88. The van der Waals surface area contributed by atoms with Crippen LogP contribution >= 0.6 is 0 Å². The SMILES string of the molecule is C=C[C@H]1CC[C@H]2[C@@H]3CC[C@H]4CC(=O)CC[C@]4(C)[C@H]3[C@H](OC(C)=O)C[C@]12C. The first-order valence-electron chi connectivity index (χ1n) is 10.6. The predicted molar refractivity (Wildman–Crippen MR) is 101 cm³/mol. The molecule has 0 amide bonds. The fraction of sp³-hybridized carbons (Fsp3) is 0.826. The van der Waals surface area contributed by atoms with Crippen LogP contribution in [-0.2, 0) is 14.3 Å². The highest BCUT2D eigenvalue weighted by Gasteiger charge is 2.63. The molecule has 4 aliphatic rings. The predicted octanol–water partition coefficient (Wildman–Crippen LogP) is 4.94. The third-order valence-corrected chi connectivity index (χ3v) is 9.06. The smallest absolute Gasteiger partial charge is 0.302 e. The number of fused-ring (bicyclic) bond motifs is 5. The number of carbonyl (C=O) groups is 2. The molecule has 3 nitrogen and oxygen atoms in total. The zero-order valence-corrected chi connectivity index (χ0v) is 16.6. The van der Waals surface area contributed by atoms with E-state index in [1.54, 1.807) is 6.92 Å². The van der Waals surface area contributed by atoms with Crippen molar-refractivity contribution in [2.75, 3.05) is 0 Å². The summed E-state index contributed by atoms with van der Waals surface area (Å²) in [5.41, 5.74) is 0.348. The van der Waals surface area contributed by atoms with E-state index < -0.39 is 0 Å². The maximum Gasteiger partial charge on any atom is 0.302 e. The van der Waals surface area contributed by atoms with E-state index in [0.717, 1.165) is 19.3 Å². The molecule has 0 spiro atoms. The summed E-state index contributed by atoms with van der Waals surface area (Å²) in [6.45, 7) is 10.5. The van der Waals surface area contributed by atoms with Gasteiger partial charge in [-0.05, 0) is 73.0 Å². The number of hydrogen-bond acceptors (Lipinski definition) is 3. The van der Waals surface area contributed by atoms with Gasteiger partial charge in [-0.3, -0.25) is 9.59 Å². The second-order valence-electron chi connectivity index (χ2n) is 10.1. The van der Waals surface area contributed by atoms with Crippen molar-refractivity contribution in [1.82, 2.24) is 0 Å².